The van der Waals surface area contributed by atoms with Gasteiger partial charge in [-0.2, -0.15) is 8.78 Å². The highest BCUT2D eigenvalue weighted by molar-refractivity contribution is 5.92. The third-order valence-corrected chi connectivity index (χ3v) is 2.50. The molecular formula is C15H14F4O4. The number of ether oxygens (including phenoxy) is 2. The topological polar surface area (TPSA) is 52.6 Å². The Bertz CT molecular complexity index is 591. The fourth-order valence-corrected chi connectivity index (χ4v) is 1.56. The molecule has 0 heterocycles. The number of benzene rings is 1. The van der Waals surface area contributed by atoms with Crippen molar-refractivity contribution in [2.75, 3.05) is 6.61 Å². The number of esters is 2. The molecule has 1 aromatic rings. The first kappa shape index (κ1) is 18.7. The Hall–Kier alpha value is -2.38. The van der Waals surface area contributed by atoms with Crippen LogP contribution in [0.1, 0.15) is 11.1 Å². The van der Waals surface area contributed by atoms with Crippen molar-refractivity contribution in [1.82, 2.24) is 0 Å². The van der Waals surface area contributed by atoms with Crippen LogP contribution < -0.4 is 4.74 Å². The van der Waals surface area contributed by atoms with Crippen LogP contribution in [-0.4, -0.2) is 30.9 Å². The Labute approximate surface area is 129 Å². The number of halogens is 4. The number of hydrogen-bond acceptors (Lipinski definition) is 4. The van der Waals surface area contributed by atoms with Gasteiger partial charge in [-0.15, -0.1) is 0 Å². The molecule has 0 spiro atoms. The molecule has 0 N–H and O–H groups in total. The molecule has 1 aromatic carbocycles. The van der Waals surface area contributed by atoms with Crippen LogP contribution in [0.3, 0.4) is 0 Å². The van der Waals surface area contributed by atoms with Gasteiger partial charge in [-0.25, -0.2) is 18.4 Å². The minimum atomic E-state index is -4.44. The summed E-state index contributed by atoms with van der Waals surface area (Å²) in [6.45, 7) is 1.81. The maximum atomic E-state index is 12.5. The van der Waals surface area contributed by atoms with Crippen molar-refractivity contribution in [3.63, 3.8) is 0 Å². The van der Waals surface area contributed by atoms with Gasteiger partial charge in [-0.3, -0.25) is 0 Å². The lowest BCUT2D eigenvalue weighted by molar-refractivity contribution is -0.176. The van der Waals surface area contributed by atoms with Gasteiger partial charge in [0.2, 0.25) is 0 Å². The van der Waals surface area contributed by atoms with Gasteiger partial charge >= 0.3 is 24.3 Å². The van der Waals surface area contributed by atoms with E-state index in [2.05, 4.69) is 4.74 Å². The molecule has 1 rings (SSSR count). The number of hydrogen-bond donors (Lipinski definition) is 0. The summed E-state index contributed by atoms with van der Waals surface area (Å²) in [5.74, 6) is -6.49. The van der Waals surface area contributed by atoms with E-state index < -0.39 is 30.9 Å². The summed E-state index contributed by atoms with van der Waals surface area (Å²) >= 11 is 0. The molecular weight excluding hydrogens is 320 g/mol. The number of carbonyl (C=O) groups is 2. The molecule has 126 valence electrons. The predicted molar refractivity (Wildman–Crippen MR) is 72.6 cm³/mol. The number of aryl methyl sites for hydroxylation is 2. The summed E-state index contributed by atoms with van der Waals surface area (Å²) in [7, 11) is 0. The fraction of sp³-hybridized carbons (Fsp3) is 0.333. The normalized spacial score (nSPS) is 11.8. The average Bonchev–Trinajstić information content (AvgIpc) is 2.41. The van der Waals surface area contributed by atoms with Gasteiger partial charge in [0, 0.05) is 12.2 Å². The molecule has 0 fully saturated rings. The Morgan fingerprint density at radius 3 is 2.13 bits per heavy atom. The van der Waals surface area contributed by atoms with Gasteiger partial charge in [0.15, 0.2) is 6.61 Å². The Morgan fingerprint density at radius 2 is 1.61 bits per heavy atom. The highest BCUT2D eigenvalue weighted by Crippen LogP contribution is 2.22. The SMILES string of the molecule is Cc1cc(C)cc(OC(=O)/C=C/C(=O)OCC(F)(F)C(F)F)c1. The molecule has 0 unspecified atom stereocenters. The molecule has 0 aromatic heterocycles. The standard InChI is InChI=1S/C15H14F4O4/c1-9-5-10(2)7-11(6-9)23-13(21)4-3-12(20)22-8-15(18,19)14(16)17/h3-7,14H,8H2,1-2H3/b4-3+. The Kier molecular flexibility index (Phi) is 6.29. The lowest BCUT2D eigenvalue weighted by atomic mass is 10.1. The maximum absolute atomic E-state index is 12.5. The Balaban J connectivity index is 2.53. The Morgan fingerprint density at radius 1 is 1.09 bits per heavy atom. The van der Waals surface area contributed by atoms with Crippen molar-refractivity contribution in [3.05, 3.63) is 41.5 Å². The van der Waals surface area contributed by atoms with E-state index in [4.69, 9.17) is 4.74 Å². The van der Waals surface area contributed by atoms with Crippen molar-refractivity contribution in [2.24, 2.45) is 0 Å². The lowest BCUT2D eigenvalue weighted by Gasteiger charge is -2.13. The van der Waals surface area contributed by atoms with Crippen LogP contribution in [0.5, 0.6) is 5.75 Å². The van der Waals surface area contributed by atoms with Gasteiger partial charge in [-0.1, -0.05) is 6.07 Å². The summed E-state index contributed by atoms with van der Waals surface area (Å²) in [5.41, 5.74) is 1.70. The van der Waals surface area contributed by atoms with Crippen LogP contribution in [0.4, 0.5) is 17.6 Å². The van der Waals surface area contributed by atoms with E-state index in [1.807, 2.05) is 6.07 Å². The van der Waals surface area contributed by atoms with E-state index in [0.717, 1.165) is 11.1 Å². The molecule has 8 heteroatoms. The van der Waals surface area contributed by atoms with Crippen LogP contribution in [0, 0.1) is 13.8 Å². The second-order valence-corrected chi connectivity index (χ2v) is 4.75. The van der Waals surface area contributed by atoms with E-state index in [-0.39, 0.29) is 5.75 Å². The minimum Gasteiger partial charge on any atom is -0.456 e. The highest BCUT2D eigenvalue weighted by Gasteiger charge is 2.42. The van der Waals surface area contributed by atoms with E-state index in [1.54, 1.807) is 26.0 Å². The minimum absolute atomic E-state index is 0.245. The third-order valence-electron chi connectivity index (χ3n) is 2.50. The summed E-state index contributed by atoms with van der Waals surface area (Å²) in [6, 6.07) is 5.02. The van der Waals surface area contributed by atoms with Crippen LogP contribution in [0.25, 0.3) is 0 Å². The number of rotatable bonds is 6. The summed E-state index contributed by atoms with van der Waals surface area (Å²) in [4.78, 5) is 22.5. The van der Waals surface area contributed by atoms with Crippen molar-refractivity contribution in [2.45, 2.75) is 26.2 Å². The zero-order chi connectivity index (χ0) is 17.6. The number of alkyl halides is 4. The monoisotopic (exact) mass is 334 g/mol. The van der Waals surface area contributed by atoms with Crippen LogP contribution >= 0.6 is 0 Å². The molecule has 23 heavy (non-hydrogen) atoms. The summed E-state index contributed by atoms with van der Waals surface area (Å²) in [6.07, 6.45) is -2.78. The third kappa shape index (κ3) is 6.50. The molecule has 0 radical (unpaired) electrons. The summed E-state index contributed by atoms with van der Waals surface area (Å²) in [5, 5.41) is 0. The first-order valence-corrected chi connectivity index (χ1v) is 6.41. The second-order valence-electron chi connectivity index (χ2n) is 4.75. The van der Waals surface area contributed by atoms with E-state index in [9.17, 15) is 27.2 Å². The van der Waals surface area contributed by atoms with Gasteiger partial charge in [0.05, 0.1) is 0 Å². The zero-order valence-electron chi connectivity index (χ0n) is 12.3. The van der Waals surface area contributed by atoms with Crippen molar-refractivity contribution >= 4 is 11.9 Å². The molecule has 0 atom stereocenters. The maximum Gasteiger partial charge on any atom is 0.340 e. The molecule has 0 amide bonds. The van der Waals surface area contributed by atoms with Gasteiger partial charge in [-0.05, 0) is 37.1 Å². The van der Waals surface area contributed by atoms with E-state index in [0.29, 0.717) is 12.2 Å². The van der Waals surface area contributed by atoms with Gasteiger partial charge in [0.1, 0.15) is 5.75 Å². The van der Waals surface area contributed by atoms with Gasteiger partial charge < -0.3 is 9.47 Å². The molecule has 4 nitrogen and oxygen atoms in total. The predicted octanol–water partition coefficient (Wildman–Crippen LogP) is 3.21. The largest absolute Gasteiger partial charge is 0.456 e. The second kappa shape index (κ2) is 7.75. The van der Waals surface area contributed by atoms with Crippen LogP contribution in [-0.2, 0) is 14.3 Å². The quantitative estimate of drug-likeness (QED) is 0.347. The molecule has 0 aliphatic heterocycles. The van der Waals surface area contributed by atoms with Crippen LogP contribution in [0.15, 0.2) is 30.4 Å². The highest BCUT2D eigenvalue weighted by atomic mass is 19.3. The summed E-state index contributed by atoms with van der Waals surface area (Å²) < 4.78 is 57.6. The molecule has 0 saturated carbocycles. The van der Waals surface area contributed by atoms with Crippen molar-refractivity contribution in [1.29, 1.82) is 0 Å². The zero-order valence-corrected chi connectivity index (χ0v) is 12.3. The van der Waals surface area contributed by atoms with Crippen molar-refractivity contribution in [3.8, 4) is 5.75 Å². The van der Waals surface area contributed by atoms with Crippen molar-refractivity contribution < 1.29 is 36.6 Å². The molecule has 0 bridgehead atoms. The first-order valence-electron chi connectivity index (χ1n) is 6.41. The smallest absolute Gasteiger partial charge is 0.340 e. The first-order chi connectivity index (χ1) is 10.6. The lowest BCUT2D eigenvalue weighted by Crippen LogP contribution is -2.33. The molecule has 0 saturated heterocycles. The average molecular weight is 334 g/mol. The van der Waals surface area contributed by atoms with E-state index in [1.165, 1.54) is 0 Å². The molecule has 0 aliphatic rings. The molecule has 0 aliphatic carbocycles. The van der Waals surface area contributed by atoms with Gasteiger partial charge in [0.25, 0.3) is 0 Å². The van der Waals surface area contributed by atoms with E-state index >= 15 is 0 Å². The fourth-order valence-electron chi connectivity index (χ4n) is 1.56. The van der Waals surface area contributed by atoms with Crippen LogP contribution in [0.2, 0.25) is 0 Å². The number of carbonyl (C=O) groups excluding carboxylic acids is 2.